The fraction of sp³-hybridized carbons (Fsp3) is 0.160. The molecule has 0 heterocycles. The zero-order valence-corrected chi connectivity index (χ0v) is 18.5. The Hall–Kier alpha value is -4.53. The monoisotopic (exact) mass is 463 g/mol. The molecule has 0 aliphatic carbocycles. The molecule has 34 heavy (non-hydrogen) atoms. The number of anilines is 1. The Morgan fingerprint density at radius 1 is 0.882 bits per heavy atom. The van der Waals surface area contributed by atoms with Gasteiger partial charge < -0.3 is 30.6 Å². The summed E-state index contributed by atoms with van der Waals surface area (Å²) in [6, 6.07) is 21.3. The van der Waals surface area contributed by atoms with Crippen LogP contribution in [-0.2, 0) is 14.3 Å². The standard InChI is InChI=1S/C25H25N3O6/c1-32-20-11-6-8-18(14-20)27-23(29)16-33-24(30)15-22(28-25(26)31)17-7-5-12-21(13-17)34-19-9-3-2-4-10-19/h2-14,22H,15-16H2,1H3,(H,27,29)(H3,26,28,31)/t22-/m1/s1. The molecule has 3 rings (SSSR count). The molecule has 0 aliphatic heterocycles. The average Bonchev–Trinajstić information content (AvgIpc) is 2.83. The molecule has 0 aliphatic rings. The number of ether oxygens (including phenoxy) is 3. The Morgan fingerprint density at radius 3 is 2.32 bits per heavy atom. The number of para-hydroxylation sites is 1. The number of urea groups is 1. The van der Waals surface area contributed by atoms with Crippen molar-refractivity contribution in [2.45, 2.75) is 12.5 Å². The van der Waals surface area contributed by atoms with E-state index in [1.165, 1.54) is 7.11 Å². The maximum Gasteiger partial charge on any atom is 0.312 e. The second-order valence-electron chi connectivity index (χ2n) is 7.19. The zero-order chi connectivity index (χ0) is 24.3. The molecule has 0 bridgehead atoms. The Kier molecular flexibility index (Phi) is 8.45. The first-order valence-electron chi connectivity index (χ1n) is 10.4. The van der Waals surface area contributed by atoms with Crippen molar-refractivity contribution in [2.75, 3.05) is 19.0 Å². The highest BCUT2D eigenvalue weighted by atomic mass is 16.5. The molecule has 0 saturated heterocycles. The predicted molar refractivity (Wildman–Crippen MR) is 126 cm³/mol. The largest absolute Gasteiger partial charge is 0.497 e. The number of rotatable bonds is 10. The first-order chi connectivity index (χ1) is 16.4. The number of carbonyl (C=O) groups excluding carboxylic acids is 3. The number of amides is 3. The smallest absolute Gasteiger partial charge is 0.312 e. The summed E-state index contributed by atoms with van der Waals surface area (Å²) >= 11 is 0. The lowest BCUT2D eigenvalue weighted by Crippen LogP contribution is -2.35. The van der Waals surface area contributed by atoms with E-state index in [1.807, 2.05) is 18.2 Å². The fourth-order valence-electron chi connectivity index (χ4n) is 3.11. The molecule has 176 valence electrons. The summed E-state index contributed by atoms with van der Waals surface area (Å²) in [5.41, 5.74) is 6.38. The van der Waals surface area contributed by atoms with Gasteiger partial charge in [-0.15, -0.1) is 0 Å². The first-order valence-corrected chi connectivity index (χ1v) is 10.4. The predicted octanol–water partition coefficient (Wildman–Crippen LogP) is 3.77. The van der Waals surface area contributed by atoms with Crippen LogP contribution in [0.2, 0.25) is 0 Å². The summed E-state index contributed by atoms with van der Waals surface area (Å²) < 4.78 is 16.0. The van der Waals surface area contributed by atoms with Gasteiger partial charge in [-0.25, -0.2) is 4.79 Å². The summed E-state index contributed by atoms with van der Waals surface area (Å²) in [5, 5.41) is 5.14. The van der Waals surface area contributed by atoms with Crippen molar-refractivity contribution in [3.05, 3.63) is 84.4 Å². The van der Waals surface area contributed by atoms with Crippen LogP contribution >= 0.6 is 0 Å². The molecule has 1 atom stereocenters. The minimum Gasteiger partial charge on any atom is -0.497 e. The summed E-state index contributed by atoms with van der Waals surface area (Å²) in [6.07, 6.45) is -0.232. The molecule has 0 radical (unpaired) electrons. The number of nitrogens with two attached hydrogens (primary N) is 1. The van der Waals surface area contributed by atoms with Gasteiger partial charge in [0.2, 0.25) is 0 Å². The first kappa shape index (κ1) is 24.1. The number of methoxy groups -OCH3 is 1. The van der Waals surface area contributed by atoms with Crippen LogP contribution in [0.1, 0.15) is 18.0 Å². The van der Waals surface area contributed by atoms with Crippen molar-refractivity contribution in [2.24, 2.45) is 5.73 Å². The van der Waals surface area contributed by atoms with Crippen molar-refractivity contribution in [1.82, 2.24) is 5.32 Å². The van der Waals surface area contributed by atoms with Crippen molar-refractivity contribution >= 4 is 23.6 Å². The fourth-order valence-corrected chi connectivity index (χ4v) is 3.11. The van der Waals surface area contributed by atoms with E-state index in [2.05, 4.69) is 10.6 Å². The van der Waals surface area contributed by atoms with E-state index in [9.17, 15) is 14.4 Å². The van der Waals surface area contributed by atoms with Crippen LogP contribution < -0.4 is 25.8 Å². The second-order valence-corrected chi connectivity index (χ2v) is 7.19. The maximum atomic E-state index is 12.4. The van der Waals surface area contributed by atoms with Crippen molar-refractivity contribution in [3.8, 4) is 17.2 Å². The van der Waals surface area contributed by atoms with Gasteiger partial charge in [-0.1, -0.05) is 36.4 Å². The van der Waals surface area contributed by atoms with E-state index in [0.29, 0.717) is 28.5 Å². The highest BCUT2D eigenvalue weighted by Gasteiger charge is 2.20. The van der Waals surface area contributed by atoms with Crippen molar-refractivity contribution < 1.29 is 28.6 Å². The second kappa shape index (κ2) is 11.9. The van der Waals surface area contributed by atoms with Gasteiger partial charge in [0, 0.05) is 11.8 Å². The lowest BCUT2D eigenvalue weighted by Gasteiger charge is -2.18. The van der Waals surface area contributed by atoms with Crippen LogP contribution in [0.3, 0.4) is 0 Å². The molecule has 9 heteroatoms. The molecule has 3 aromatic carbocycles. The Labute approximate surface area is 196 Å². The van der Waals surface area contributed by atoms with Gasteiger partial charge in [0.25, 0.3) is 5.91 Å². The number of hydrogen-bond acceptors (Lipinski definition) is 6. The van der Waals surface area contributed by atoms with E-state index >= 15 is 0 Å². The molecule has 3 aromatic rings. The van der Waals surface area contributed by atoms with E-state index in [0.717, 1.165) is 0 Å². The van der Waals surface area contributed by atoms with Gasteiger partial charge in [0.05, 0.1) is 19.6 Å². The number of esters is 1. The van der Waals surface area contributed by atoms with Gasteiger partial charge in [-0.05, 0) is 42.0 Å². The molecule has 0 unspecified atom stereocenters. The minimum absolute atomic E-state index is 0.232. The van der Waals surface area contributed by atoms with Crippen LogP contribution in [-0.4, -0.2) is 31.6 Å². The van der Waals surface area contributed by atoms with Gasteiger partial charge in [-0.2, -0.15) is 0 Å². The zero-order valence-electron chi connectivity index (χ0n) is 18.5. The molecule has 0 aromatic heterocycles. The molecule has 0 saturated carbocycles. The van der Waals surface area contributed by atoms with E-state index in [1.54, 1.807) is 60.7 Å². The summed E-state index contributed by atoms with van der Waals surface area (Å²) in [4.78, 5) is 36.0. The van der Waals surface area contributed by atoms with Crippen LogP contribution in [0, 0.1) is 0 Å². The average molecular weight is 463 g/mol. The number of nitrogens with one attached hydrogen (secondary N) is 2. The normalized spacial score (nSPS) is 11.1. The Bertz CT molecular complexity index is 1140. The molecule has 9 nitrogen and oxygen atoms in total. The van der Waals surface area contributed by atoms with Crippen molar-refractivity contribution in [3.63, 3.8) is 0 Å². The van der Waals surface area contributed by atoms with Crippen LogP contribution in [0.15, 0.2) is 78.9 Å². The molecule has 3 amide bonds. The molecule has 0 spiro atoms. The quantitative estimate of drug-likeness (QED) is 0.393. The third-order valence-electron chi connectivity index (χ3n) is 4.64. The third kappa shape index (κ3) is 7.56. The molecule has 4 N–H and O–H groups in total. The maximum absolute atomic E-state index is 12.4. The Morgan fingerprint density at radius 2 is 1.59 bits per heavy atom. The van der Waals surface area contributed by atoms with E-state index in [4.69, 9.17) is 19.9 Å². The molecular weight excluding hydrogens is 438 g/mol. The van der Waals surface area contributed by atoms with Crippen molar-refractivity contribution in [1.29, 1.82) is 0 Å². The van der Waals surface area contributed by atoms with E-state index < -0.39 is 30.6 Å². The summed E-state index contributed by atoms with van der Waals surface area (Å²) in [5.74, 6) is 0.536. The SMILES string of the molecule is COc1cccc(NC(=O)COC(=O)C[C@@H](NC(N)=O)c2cccc(Oc3ccccc3)c2)c1. The van der Waals surface area contributed by atoms with Crippen LogP contribution in [0.25, 0.3) is 0 Å². The minimum atomic E-state index is -0.803. The van der Waals surface area contributed by atoms with Gasteiger partial charge >= 0.3 is 12.0 Å². The number of hydrogen-bond donors (Lipinski definition) is 3. The topological polar surface area (TPSA) is 129 Å². The lowest BCUT2D eigenvalue weighted by molar-refractivity contribution is -0.147. The van der Waals surface area contributed by atoms with E-state index in [-0.39, 0.29) is 6.42 Å². The highest BCUT2D eigenvalue weighted by Crippen LogP contribution is 2.26. The van der Waals surface area contributed by atoms with Gasteiger partial charge in [-0.3, -0.25) is 9.59 Å². The summed E-state index contributed by atoms with van der Waals surface area (Å²) in [7, 11) is 1.52. The van der Waals surface area contributed by atoms with Crippen LogP contribution in [0.5, 0.6) is 17.2 Å². The number of primary amides is 1. The highest BCUT2D eigenvalue weighted by molar-refractivity contribution is 5.93. The van der Waals surface area contributed by atoms with Gasteiger partial charge in [0.15, 0.2) is 6.61 Å². The van der Waals surface area contributed by atoms with Crippen LogP contribution in [0.4, 0.5) is 10.5 Å². The van der Waals surface area contributed by atoms with Gasteiger partial charge in [0.1, 0.15) is 17.2 Å². The molecule has 0 fully saturated rings. The molecular formula is C25H25N3O6. The number of carbonyl (C=O) groups is 3. The number of benzene rings is 3. The Balaban J connectivity index is 1.60. The lowest BCUT2D eigenvalue weighted by atomic mass is 10.0. The summed E-state index contributed by atoms with van der Waals surface area (Å²) in [6.45, 7) is -0.490. The third-order valence-corrected chi connectivity index (χ3v) is 4.64.